The number of rotatable bonds is 1. The number of nitrogens with zero attached hydrogens (tertiary/aromatic N) is 2. The van der Waals surface area contributed by atoms with Gasteiger partial charge in [0.15, 0.2) is 0 Å². The smallest absolute Gasteiger partial charge is 0.135 e. The lowest BCUT2D eigenvalue weighted by Crippen LogP contribution is -2.08. The quantitative estimate of drug-likeness (QED) is 0.669. The zero-order chi connectivity index (χ0) is 9.14. The van der Waals surface area contributed by atoms with Crippen molar-refractivity contribution in [3.63, 3.8) is 0 Å². The van der Waals surface area contributed by atoms with Crippen LogP contribution in [0, 0.1) is 18.3 Å². The Hall–Kier alpha value is -1.11. The molecule has 1 aromatic rings. The standard InChI is InChI=1S/C8H8ClN3/c1-5-2-3-6(7(11)4-10)8(9)12-5/h2-3,7H,11H2,1H3. The second-order valence-corrected chi connectivity index (χ2v) is 2.80. The molecular formula is C8H8ClN3. The summed E-state index contributed by atoms with van der Waals surface area (Å²) < 4.78 is 0. The van der Waals surface area contributed by atoms with Crippen LogP contribution in [0.3, 0.4) is 0 Å². The van der Waals surface area contributed by atoms with Gasteiger partial charge in [0, 0.05) is 11.3 Å². The van der Waals surface area contributed by atoms with E-state index >= 15 is 0 Å². The molecule has 1 heterocycles. The molecule has 1 atom stereocenters. The van der Waals surface area contributed by atoms with Crippen molar-refractivity contribution >= 4 is 11.6 Å². The van der Waals surface area contributed by atoms with E-state index in [1.54, 1.807) is 12.1 Å². The normalized spacial score (nSPS) is 12.2. The van der Waals surface area contributed by atoms with Gasteiger partial charge in [-0.25, -0.2) is 4.98 Å². The number of pyridine rings is 1. The van der Waals surface area contributed by atoms with E-state index in [2.05, 4.69) is 4.98 Å². The lowest BCUT2D eigenvalue weighted by atomic mass is 10.1. The molecule has 12 heavy (non-hydrogen) atoms. The van der Waals surface area contributed by atoms with E-state index in [1.807, 2.05) is 13.0 Å². The van der Waals surface area contributed by atoms with Crippen molar-refractivity contribution in [2.75, 3.05) is 0 Å². The molecule has 1 rings (SSSR count). The SMILES string of the molecule is Cc1ccc(C(N)C#N)c(Cl)n1. The number of aryl methyl sites for hydroxylation is 1. The average molecular weight is 182 g/mol. The number of hydrogen-bond acceptors (Lipinski definition) is 3. The zero-order valence-corrected chi connectivity index (χ0v) is 7.34. The summed E-state index contributed by atoms with van der Waals surface area (Å²) in [4.78, 5) is 3.98. The Bertz CT molecular complexity index is 330. The van der Waals surface area contributed by atoms with Gasteiger partial charge in [-0.1, -0.05) is 17.7 Å². The average Bonchev–Trinajstić information content (AvgIpc) is 2.03. The second-order valence-electron chi connectivity index (χ2n) is 2.44. The van der Waals surface area contributed by atoms with Gasteiger partial charge in [0.05, 0.1) is 6.07 Å². The van der Waals surface area contributed by atoms with E-state index in [-0.39, 0.29) is 0 Å². The summed E-state index contributed by atoms with van der Waals surface area (Å²) in [5.41, 5.74) is 6.85. The minimum Gasteiger partial charge on any atom is -0.312 e. The third-order valence-corrected chi connectivity index (χ3v) is 1.79. The van der Waals surface area contributed by atoms with Crippen LogP contribution in [0.15, 0.2) is 12.1 Å². The van der Waals surface area contributed by atoms with Crippen LogP contribution in [0.1, 0.15) is 17.3 Å². The summed E-state index contributed by atoms with van der Waals surface area (Å²) in [5, 5.41) is 8.83. The summed E-state index contributed by atoms with van der Waals surface area (Å²) in [6, 6.07) is 4.70. The maximum absolute atomic E-state index is 8.52. The Balaban J connectivity index is 3.11. The van der Waals surface area contributed by atoms with Gasteiger partial charge in [-0.05, 0) is 13.0 Å². The summed E-state index contributed by atoms with van der Waals surface area (Å²) in [6.45, 7) is 1.83. The van der Waals surface area contributed by atoms with Gasteiger partial charge in [-0.2, -0.15) is 5.26 Å². The molecule has 0 saturated carbocycles. The van der Waals surface area contributed by atoms with E-state index in [9.17, 15) is 0 Å². The van der Waals surface area contributed by atoms with Crippen LogP contribution in [-0.4, -0.2) is 4.98 Å². The fourth-order valence-electron chi connectivity index (χ4n) is 0.837. The highest BCUT2D eigenvalue weighted by Gasteiger charge is 2.09. The monoisotopic (exact) mass is 181 g/mol. The minimum absolute atomic E-state index is 0.309. The van der Waals surface area contributed by atoms with Gasteiger partial charge in [-0.15, -0.1) is 0 Å². The number of nitrogens with two attached hydrogens (primary N) is 1. The van der Waals surface area contributed by atoms with Gasteiger partial charge < -0.3 is 5.73 Å². The molecular weight excluding hydrogens is 174 g/mol. The van der Waals surface area contributed by atoms with Crippen LogP contribution < -0.4 is 5.73 Å². The highest BCUT2D eigenvalue weighted by molar-refractivity contribution is 6.30. The molecule has 0 aromatic carbocycles. The van der Waals surface area contributed by atoms with Crippen LogP contribution >= 0.6 is 11.6 Å². The maximum Gasteiger partial charge on any atom is 0.135 e. The first kappa shape index (κ1) is 8.98. The van der Waals surface area contributed by atoms with Crippen molar-refractivity contribution < 1.29 is 0 Å². The van der Waals surface area contributed by atoms with Crippen molar-refractivity contribution in [2.45, 2.75) is 13.0 Å². The van der Waals surface area contributed by atoms with Gasteiger partial charge in [0.1, 0.15) is 11.2 Å². The van der Waals surface area contributed by atoms with Crippen LogP contribution in [-0.2, 0) is 0 Å². The van der Waals surface area contributed by atoms with Crippen LogP contribution in [0.2, 0.25) is 5.15 Å². The van der Waals surface area contributed by atoms with Crippen molar-refractivity contribution in [3.05, 3.63) is 28.5 Å². The molecule has 1 aromatic heterocycles. The summed E-state index contributed by atoms with van der Waals surface area (Å²) in [6.07, 6.45) is 0. The molecule has 0 aliphatic carbocycles. The Morgan fingerprint density at radius 2 is 2.33 bits per heavy atom. The molecule has 0 bridgehead atoms. The predicted molar refractivity (Wildman–Crippen MR) is 46.5 cm³/mol. The molecule has 4 heteroatoms. The number of hydrogen-bond donors (Lipinski definition) is 1. The van der Waals surface area contributed by atoms with Gasteiger partial charge >= 0.3 is 0 Å². The Kier molecular flexibility index (Phi) is 2.64. The highest BCUT2D eigenvalue weighted by Crippen LogP contribution is 2.18. The van der Waals surface area contributed by atoms with E-state index in [1.165, 1.54) is 0 Å². The molecule has 1 unspecified atom stereocenters. The summed E-state index contributed by atoms with van der Waals surface area (Å²) in [7, 11) is 0. The maximum atomic E-state index is 8.52. The molecule has 0 radical (unpaired) electrons. The number of halogens is 1. The molecule has 0 aliphatic heterocycles. The molecule has 3 nitrogen and oxygen atoms in total. The summed E-state index contributed by atoms with van der Waals surface area (Å²) in [5.74, 6) is 0. The lowest BCUT2D eigenvalue weighted by Gasteiger charge is -2.04. The minimum atomic E-state index is -0.689. The van der Waals surface area contributed by atoms with Crippen molar-refractivity contribution in [1.29, 1.82) is 5.26 Å². The fraction of sp³-hybridized carbons (Fsp3) is 0.250. The Morgan fingerprint density at radius 3 is 2.83 bits per heavy atom. The highest BCUT2D eigenvalue weighted by atomic mass is 35.5. The zero-order valence-electron chi connectivity index (χ0n) is 6.58. The van der Waals surface area contributed by atoms with Crippen molar-refractivity contribution in [2.24, 2.45) is 5.73 Å². The summed E-state index contributed by atoms with van der Waals surface area (Å²) >= 11 is 5.76. The van der Waals surface area contributed by atoms with E-state index in [0.717, 1.165) is 5.69 Å². The van der Waals surface area contributed by atoms with Crippen molar-refractivity contribution in [3.8, 4) is 6.07 Å². The molecule has 62 valence electrons. The molecule has 0 amide bonds. The lowest BCUT2D eigenvalue weighted by molar-refractivity contribution is 0.911. The topological polar surface area (TPSA) is 62.7 Å². The molecule has 0 saturated heterocycles. The van der Waals surface area contributed by atoms with E-state index in [4.69, 9.17) is 22.6 Å². The van der Waals surface area contributed by atoms with Gasteiger partial charge in [0.25, 0.3) is 0 Å². The first-order valence-electron chi connectivity index (χ1n) is 3.43. The molecule has 0 spiro atoms. The Labute approximate surface area is 75.8 Å². The molecule has 0 fully saturated rings. The predicted octanol–water partition coefficient (Wildman–Crippen LogP) is 1.57. The largest absolute Gasteiger partial charge is 0.312 e. The first-order valence-corrected chi connectivity index (χ1v) is 3.81. The second kappa shape index (κ2) is 3.53. The Morgan fingerprint density at radius 1 is 1.67 bits per heavy atom. The van der Waals surface area contributed by atoms with Crippen LogP contribution in [0.25, 0.3) is 0 Å². The number of nitriles is 1. The third-order valence-electron chi connectivity index (χ3n) is 1.49. The van der Waals surface area contributed by atoms with E-state index in [0.29, 0.717) is 10.7 Å². The van der Waals surface area contributed by atoms with E-state index < -0.39 is 6.04 Å². The molecule has 0 aliphatic rings. The van der Waals surface area contributed by atoms with Crippen molar-refractivity contribution in [1.82, 2.24) is 4.98 Å². The number of aromatic nitrogens is 1. The van der Waals surface area contributed by atoms with Crippen LogP contribution in [0.4, 0.5) is 0 Å². The van der Waals surface area contributed by atoms with Gasteiger partial charge in [0.2, 0.25) is 0 Å². The van der Waals surface area contributed by atoms with Gasteiger partial charge in [-0.3, -0.25) is 0 Å². The fourth-order valence-corrected chi connectivity index (χ4v) is 1.15. The molecule has 2 N–H and O–H groups in total. The van der Waals surface area contributed by atoms with Crippen LogP contribution in [0.5, 0.6) is 0 Å². The third kappa shape index (κ3) is 1.73. The first-order chi connectivity index (χ1) is 5.65.